The van der Waals surface area contributed by atoms with Crippen molar-refractivity contribution in [3.8, 4) is 0 Å². The molecule has 4 atom stereocenters. The molecule has 0 aromatic rings. The van der Waals surface area contributed by atoms with Crippen molar-refractivity contribution in [2.75, 3.05) is 70.8 Å². The van der Waals surface area contributed by atoms with E-state index < -0.39 is 14.2 Å². The van der Waals surface area contributed by atoms with Crippen molar-refractivity contribution < 1.29 is 0 Å². The molecule has 124 valence electrons. The van der Waals surface area contributed by atoms with Gasteiger partial charge in [-0.25, -0.2) is 0 Å². The van der Waals surface area contributed by atoms with Gasteiger partial charge >= 0.3 is 134 Å². The molecule has 0 nitrogen and oxygen atoms in total. The van der Waals surface area contributed by atoms with Crippen LogP contribution in [0.4, 0.5) is 0 Å². The van der Waals surface area contributed by atoms with Crippen LogP contribution in [0.25, 0.3) is 0 Å². The number of hydrogen-bond acceptors (Lipinski definition) is 0. The van der Waals surface area contributed by atoms with Gasteiger partial charge in [0.15, 0.2) is 0 Å². The van der Waals surface area contributed by atoms with Gasteiger partial charge in [0.2, 0.25) is 0 Å². The molecule has 1 aliphatic rings. The van der Waals surface area contributed by atoms with Gasteiger partial charge < -0.3 is 0 Å². The van der Waals surface area contributed by atoms with Crippen LogP contribution in [0.3, 0.4) is 0 Å². The fourth-order valence-corrected chi connectivity index (χ4v) is 37.9. The Morgan fingerprint density at radius 1 is 0.900 bits per heavy atom. The van der Waals surface area contributed by atoms with Crippen LogP contribution < -0.4 is 0 Å². The zero-order valence-electron chi connectivity index (χ0n) is 15.3. The molecule has 1 saturated heterocycles. The third kappa shape index (κ3) is 5.98. The maximum atomic E-state index is 2.72. The molecule has 0 aliphatic carbocycles. The average Bonchev–Trinajstić information content (AvgIpc) is 2.24. The molecule has 1 heterocycles. The summed E-state index contributed by atoms with van der Waals surface area (Å²) in [4.78, 5) is 0. The predicted octanol–water partition coefficient (Wildman–Crippen LogP) is 6.37. The third-order valence-corrected chi connectivity index (χ3v) is 34.9. The Morgan fingerprint density at radius 2 is 1.45 bits per heavy atom. The van der Waals surface area contributed by atoms with E-state index in [1.54, 1.807) is 24.1 Å². The fraction of sp³-hybridized carbons (Fsp3) is 1.00. The molecule has 5 heteroatoms. The van der Waals surface area contributed by atoms with Crippen LogP contribution in [0, 0.1) is 11.8 Å². The summed E-state index contributed by atoms with van der Waals surface area (Å²) >= 11 is 0. The van der Waals surface area contributed by atoms with E-state index in [-0.39, 0.29) is 0 Å². The Hall–Kier alpha value is 2.15. The van der Waals surface area contributed by atoms with E-state index in [0.717, 1.165) is 11.8 Å². The second kappa shape index (κ2) is 7.81. The van der Waals surface area contributed by atoms with Crippen molar-refractivity contribution >= 4 is 37.0 Å². The molecule has 1 aliphatic heterocycles. The Morgan fingerprint density at radius 3 is 1.95 bits per heavy atom. The topological polar surface area (TPSA) is 0 Å². The second-order valence-corrected chi connectivity index (χ2v) is 34.0. The van der Waals surface area contributed by atoms with Crippen LogP contribution in [-0.4, -0.2) is 70.8 Å². The minimum atomic E-state index is -0.980. The van der Waals surface area contributed by atoms with E-state index in [9.17, 15) is 0 Å². The van der Waals surface area contributed by atoms with Crippen molar-refractivity contribution in [2.24, 2.45) is 11.8 Å². The van der Waals surface area contributed by atoms with Crippen LogP contribution in [-0.2, 0) is 0 Å². The van der Waals surface area contributed by atoms with Crippen LogP contribution in [0.5, 0.6) is 0 Å². The van der Waals surface area contributed by atoms with Gasteiger partial charge in [0.05, 0.1) is 0 Å². The van der Waals surface area contributed by atoms with Crippen molar-refractivity contribution in [3.63, 3.8) is 0 Å². The van der Waals surface area contributed by atoms with Crippen molar-refractivity contribution in [1.29, 1.82) is 0 Å². The third-order valence-electron chi connectivity index (χ3n) is 5.14. The van der Waals surface area contributed by atoms with Crippen molar-refractivity contribution in [3.05, 3.63) is 0 Å². The van der Waals surface area contributed by atoms with E-state index in [1.165, 1.54) is 0 Å². The first kappa shape index (κ1) is 20.2. The van der Waals surface area contributed by atoms with E-state index in [0.29, 0.717) is 22.8 Å². The fourth-order valence-electron chi connectivity index (χ4n) is 3.43. The summed E-state index contributed by atoms with van der Waals surface area (Å²) < 4.78 is 0. The molecule has 0 aromatic carbocycles. The first-order valence-corrected chi connectivity index (χ1v) is 22.2. The van der Waals surface area contributed by atoms with Crippen LogP contribution in [0.2, 0.25) is 0 Å². The van der Waals surface area contributed by atoms with Crippen LogP contribution >= 0.6 is 37.0 Å². The summed E-state index contributed by atoms with van der Waals surface area (Å²) in [6, 6.07) is 0. The molecule has 0 spiro atoms. The Bertz CT molecular complexity index is 313. The molecule has 0 bridgehead atoms. The minimum absolute atomic E-state index is 0.318. The molecular formula is C15H39P5. The SMILES string of the molecule is CC(C)C1CP(C)P(C)C[PH](C)(C)CP(C)[PH](C)(C)C1. The summed E-state index contributed by atoms with van der Waals surface area (Å²) in [6.45, 7) is 22.7. The van der Waals surface area contributed by atoms with E-state index in [2.05, 4.69) is 60.5 Å². The molecule has 0 N–H and O–H groups in total. The van der Waals surface area contributed by atoms with Gasteiger partial charge in [-0.1, -0.05) is 0 Å². The Labute approximate surface area is 133 Å². The van der Waals surface area contributed by atoms with E-state index in [1.807, 2.05) is 0 Å². The normalized spacial score (nSPS) is 41.9. The zero-order chi connectivity index (χ0) is 15.7. The average molecular weight is 374 g/mol. The molecule has 4 unspecified atom stereocenters. The standard InChI is InChI=1S/C15H39P5/c1-14(2)15-10-16(3)17(4)12-19(6,7)13-18(5)20(8,9)11-15/h14-15,19-20H,10-13H2,1-9H3. The first-order valence-electron chi connectivity index (χ1n) is 8.08. The first-order chi connectivity index (χ1) is 8.94. The van der Waals surface area contributed by atoms with Crippen molar-refractivity contribution in [2.45, 2.75) is 13.8 Å². The second-order valence-electron chi connectivity index (χ2n) is 8.70. The summed E-state index contributed by atoms with van der Waals surface area (Å²) in [6.07, 6.45) is 3.20. The predicted molar refractivity (Wildman–Crippen MR) is 117 cm³/mol. The molecule has 0 saturated carbocycles. The van der Waals surface area contributed by atoms with Gasteiger partial charge in [-0.15, -0.1) is 0 Å². The summed E-state index contributed by atoms with van der Waals surface area (Å²) in [7, 11) is 0.0684. The van der Waals surface area contributed by atoms with Gasteiger partial charge in [-0.3, -0.25) is 0 Å². The van der Waals surface area contributed by atoms with Gasteiger partial charge in [0.25, 0.3) is 0 Å². The molecule has 20 heavy (non-hydrogen) atoms. The van der Waals surface area contributed by atoms with Gasteiger partial charge in [0, 0.05) is 0 Å². The summed E-state index contributed by atoms with van der Waals surface area (Å²) in [5.74, 6) is 5.27. The molecule has 1 rings (SSSR count). The van der Waals surface area contributed by atoms with Crippen LogP contribution in [0.1, 0.15) is 13.8 Å². The summed E-state index contributed by atoms with van der Waals surface area (Å²) in [5, 5.41) is 0. The Balaban J connectivity index is 3.00. The van der Waals surface area contributed by atoms with E-state index >= 15 is 0 Å². The summed E-state index contributed by atoms with van der Waals surface area (Å²) in [5.41, 5.74) is 0. The molecule has 0 radical (unpaired) electrons. The number of hydrogen-bond donors (Lipinski definition) is 0. The van der Waals surface area contributed by atoms with Gasteiger partial charge in [-0.05, 0) is 0 Å². The van der Waals surface area contributed by atoms with Crippen LogP contribution in [0.15, 0.2) is 0 Å². The molecule has 1 fully saturated rings. The molecular weight excluding hydrogens is 335 g/mol. The Kier molecular flexibility index (Phi) is 7.89. The number of rotatable bonds is 1. The maximum absolute atomic E-state index is 2.72. The van der Waals surface area contributed by atoms with E-state index in [4.69, 9.17) is 0 Å². The molecule has 0 amide bonds. The van der Waals surface area contributed by atoms with Crippen molar-refractivity contribution in [1.82, 2.24) is 0 Å². The van der Waals surface area contributed by atoms with Gasteiger partial charge in [-0.2, -0.15) is 0 Å². The molecule has 0 aromatic heterocycles. The monoisotopic (exact) mass is 374 g/mol. The van der Waals surface area contributed by atoms with Gasteiger partial charge in [0.1, 0.15) is 0 Å². The quantitative estimate of drug-likeness (QED) is 0.468. The zero-order valence-corrected chi connectivity index (χ0v) is 20.0.